The third kappa shape index (κ3) is 3.10. The molecule has 8 heteroatoms. The fourth-order valence-corrected chi connectivity index (χ4v) is 7.47. The quantitative estimate of drug-likeness (QED) is 0.327. The molecule has 0 radical (unpaired) electrons. The molecule has 1 N–H and O–H groups in total. The van der Waals surface area contributed by atoms with E-state index in [1.165, 1.54) is 6.07 Å². The number of nitrogens with one attached hydrogen (secondary N) is 1. The normalized spacial score (nSPS) is 27.0. The van der Waals surface area contributed by atoms with E-state index in [9.17, 15) is 19.7 Å². The van der Waals surface area contributed by atoms with Crippen molar-refractivity contribution in [2.45, 2.75) is 24.4 Å². The highest BCUT2D eigenvalue weighted by molar-refractivity contribution is 7.99. The number of hydrogen-bond donors (Lipinski definition) is 1. The minimum Gasteiger partial charge on any atom is -0.324 e. The molecule has 1 spiro atoms. The van der Waals surface area contributed by atoms with Crippen molar-refractivity contribution in [3.63, 3.8) is 0 Å². The lowest BCUT2D eigenvalue weighted by molar-refractivity contribution is -0.384. The van der Waals surface area contributed by atoms with Gasteiger partial charge in [-0.1, -0.05) is 60.2 Å². The van der Waals surface area contributed by atoms with Gasteiger partial charge in [-0.05, 0) is 18.6 Å². The average Bonchev–Trinajstić information content (AvgIpc) is 3.52. The van der Waals surface area contributed by atoms with Gasteiger partial charge in [0, 0.05) is 52.5 Å². The van der Waals surface area contributed by atoms with E-state index in [1.54, 1.807) is 23.9 Å². The summed E-state index contributed by atoms with van der Waals surface area (Å²) < 4.78 is 0. The van der Waals surface area contributed by atoms with Crippen molar-refractivity contribution >= 4 is 34.8 Å². The van der Waals surface area contributed by atoms with E-state index in [0.717, 1.165) is 28.1 Å². The van der Waals surface area contributed by atoms with Crippen molar-refractivity contribution in [2.24, 2.45) is 5.92 Å². The maximum atomic E-state index is 14.4. The van der Waals surface area contributed by atoms with Gasteiger partial charge in [0.15, 0.2) is 5.78 Å². The number of non-ortho nitro benzene ring substituents is 1. The predicted octanol–water partition coefficient (Wildman–Crippen LogP) is 4.72. The summed E-state index contributed by atoms with van der Waals surface area (Å²) in [6.07, 6.45) is 0. The Balaban J connectivity index is 1.61. The molecule has 4 atom stereocenters. The predicted molar refractivity (Wildman–Crippen MR) is 135 cm³/mol. The Kier molecular flexibility index (Phi) is 5.05. The molecule has 0 bridgehead atoms. The molecule has 2 fully saturated rings. The van der Waals surface area contributed by atoms with Crippen LogP contribution in [0.4, 0.5) is 11.4 Å². The largest absolute Gasteiger partial charge is 0.324 e. The van der Waals surface area contributed by atoms with Gasteiger partial charge in [0.2, 0.25) is 5.91 Å². The van der Waals surface area contributed by atoms with Crippen LogP contribution in [0.15, 0.2) is 72.8 Å². The molecule has 35 heavy (non-hydrogen) atoms. The summed E-state index contributed by atoms with van der Waals surface area (Å²) in [4.78, 5) is 41.6. The molecule has 2 saturated heterocycles. The number of aryl methyl sites for hydroxylation is 1. The Morgan fingerprint density at radius 1 is 1.11 bits per heavy atom. The van der Waals surface area contributed by atoms with Gasteiger partial charge in [0.1, 0.15) is 5.54 Å². The number of carbonyl (C=O) groups is 2. The Morgan fingerprint density at radius 2 is 1.89 bits per heavy atom. The Morgan fingerprint density at radius 3 is 2.66 bits per heavy atom. The molecule has 0 unspecified atom stereocenters. The van der Waals surface area contributed by atoms with Gasteiger partial charge in [0.05, 0.1) is 10.8 Å². The number of hydrogen-bond acceptors (Lipinski definition) is 6. The number of para-hydroxylation sites is 1. The summed E-state index contributed by atoms with van der Waals surface area (Å²) in [5, 5.41) is 14.6. The number of thioether (sulfide) groups is 1. The minimum atomic E-state index is -1.18. The second-order valence-electron chi connectivity index (χ2n) is 9.39. The number of ketones is 1. The smallest absolute Gasteiger partial charge is 0.269 e. The molecule has 7 nitrogen and oxygen atoms in total. The first-order valence-electron chi connectivity index (χ1n) is 11.5. The third-order valence-corrected chi connectivity index (χ3v) is 8.65. The second-order valence-corrected chi connectivity index (χ2v) is 10.4. The molecule has 0 aromatic heterocycles. The van der Waals surface area contributed by atoms with E-state index in [0.29, 0.717) is 11.4 Å². The number of benzene rings is 3. The van der Waals surface area contributed by atoms with Crippen molar-refractivity contribution in [3.8, 4) is 0 Å². The van der Waals surface area contributed by atoms with E-state index in [1.807, 2.05) is 61.5 Å². The standard InChI is InChI=1S/C27H23N3O4S/c1-16-9-11-17(12-10-16)25(31)24-23(18-5-4-6-19(13-18)30(33)34)22-14-35-15-29(22)27(24)20-7-2-3-8-21(20)28-26(27)32/h2-13,22-24H,14-15H2,1H3,(H,28,32)/t22-,23+,24+,27-/m1/s1. The van der Waals surface area contributed by atoms with Crippen molar-refractivity contribution in [2.75, 3.05) is 16.9 Å². The Labute approximate surface area is 206 Å². The first-order valence-corrected chi connectivity index (χ1v) is 12.7. The summed E-state index contributed by atoms with van der Waals surface area (Å²) in [5.41, 5.74) is 2.63. The van der Waals surface area contributed by atoms with Gasteiger partial charge in [-0.3, -0.25) is 24.6 Å². The number of carbonyl (C=O) groups excluding carboxylic acids is 2. The van der Waals surface area contributed by atoms with Gasteiger partial charge < -0.3 is 5.32 Å². The molecule has 0 aliphatic carbocycles. The van der Waals surface area contributed by atoms with Crippen molar-refractivity contribution in [3.05, 3.63) is 105 Å². The van der Waals surface area contributed by atoms with Crippen molar-refractivity contribution in [1.82, 2.24) is 4.90 Å². The first-order chi connectivity index (χ1) is 16.9. The van der Waals surface area contributed by atoms with Crippen LogP contribution in [0.1, 0.15) is 33.0 Å². The number of amides is 1. The number of rotatable bonds is 4. The van der Waals surface area contributed by atoms with Crippen LogP contribution in [-0.4, -0.2) is 39.2 Å². The van der Waals surface area contributed by atoms with Crippen LogP contribution < -0.4 is 5.32 Å². The zero-order chi connectivity index (χ0) is 24.3. The van der Waals surface area contributed by atoms with Crippen LogP contribution in [0.25, 0.3) is 0 Å². The van der Waals surface area contributed by atoms with E-state index in [-0.39, 0.29) is 29.3 Å². The van der Waals surface area contributed by atoms with E-state index in [2.05, 4.69) is 10.2 Å². The third-order valence-electron chi connectivity index (χ3n) is 7.61. The molecule has 6 rings (SSSR count). The van der Waals surface area contributed by atoms with Crippen molar-refractivity contribution in [1.29, 1.82) is 0 Å². The van der Waals surface area contributed by atoms with Crippen LogP contribution in [0, 0.1) is 23.0 Å². The average molecular weight is 486 g/mol. The SMILES string of the molecule is Cc1ccc(C(=O)[C@@H]2[C@@H](c3cccc([N+](=O)[O-])c3)[C@H]3CSCN3[C@@]23C(=O)Nc2ccccc23)cc1. The zero-order valence-corrected chi connectivity index (χ0v) is 19.8. The van der Waals surface area contributed by atoms with Gasteiger partial charge in [-0.2, -0.15) is 0 Å². The maximum absolute atomic E-state index is 14.4. The molecule has 3 aromatic rings. The van der Waals surface area contributed by atoms with Crippen LogP contribution in [-0.2, 0) is 10.3 Å². The van der Waals surface area contributed by atoms with Crippen LogP contribution in [0.2, 0.25) is 0 Å². The van der Waals surface area contributed by atoms with E-state index >= 15 is 0 Å². The monoisotopic (exact) mass is 485 g/mol. The van der Waals surface area contributed by atoms with Crippen molar-refractivity contribution < 1.29 is 14.5 Å². The molecule has 3 aromatic carbocycles. The number of nitro groups is 1. The summed E-state index contributed by atoms with van der Waals surface area (Å²) in [6, 6.07) is 21.4. The fraction of sp³-hybridized carbons (Fsp3) is 0.259. The number of fused-ring (bicyclic) bond motifs is 4. The van der Waals surface area contributed by atoms with Crippen LogP contribution >= 0.6 is 11.8 Å². The number of Topliss-reactive ketones (excluding diaryl/α,β-unsaturated/α-hetero) is 1. The van der Waals surface area contributed by atoms with Gasteiger partial charge >= 0.3 is 0 Å². The second kappa shape index (κ2) is 8.03. The summed E-state index contributed by atoms with van der Waals surface area (Å²) in [7, 11) is 0. The Bertz CT molecular complexity index is 1370. The number of anilines is 1. The maximum Gasteiger partial charge on any atom is 0.269 e. The first kappa shape index (κ1) is 22.0. The summed E-state index contributed by atoms with van der Waals surface area (Å²) in [5.74, 6) is -0.0904. The molecule has 176 valence electrons. The van der Waals surface area contributed by atoms with Gasteiger partial charge in [0.25, 0.3) is 5.69 Å². The van der Waals surface area contributed by atoms with Gasteiger partial charge in [-0.25, -0.2) is 0 Å². The number of nitrogens with zero attached hydrogens (tertiary/aromatic N) is 2. The molecular weight excluding hydrogens is 462 g/mol. The summed E-state index contributed by atoms with van der Waals surface area (Å²) >= 11 is 1.72. The Hall–Kier alpha value is -3.49. The fourth-order valence-electron chi connectivity index (χ4n) is 6.15. The van der Waals surface area contributed by atoms with E-state index in [4.69, 9.17) is 0 Å². The lowest BCUT2D eigenvalue weighted by Gasteiger charge is -2.36. The highest BCUT2D eigenvalue weighted by Crippen LogP contribution is 2.61. The summed E-state index contributed by atoms with van der Waals surface area (Å²) in [6.45, 7) is 1.96. The molecule has 3 aliphatic heterocycles. The molecule has 3 aliphatic rings. The molecule has 3 heterocycles. The lowest BCUT2D eigenvalue weighted by atomic mass is 9.69. The van der Waals surface area contributed by atoms with E-state index < -0.39 is 16.4 Å². The zero-order valence-electron chi connectivity index (χ0n) is 19.0. The molecule has 0 saturated carbocycles. The highest BCUT2D eigenvalue weighted by atomic mass is 32.2. The molecule has 1 amide bonds. The highest BCUT2D eigenvalue weighted by Gasteiger charge is 2.69. The topological polar surface area (TPSA) is 92.5 Å². The lowest BCUT2D eigenvalue weighted by Crippen LogP contribution is -2.52. The van der Waals surface area contributed by atoms with Crippen LogP contribution in [0.5, 0.6) is 0 Å². The van der Waals surface area contributed by atoms with Crippen LogP contribution in [0.3, 0.4) is 0 Å². The number of nitro benzene ring substituents is 1. The van der Waals surface area contributed by atoms with Gasteiger partial charge in [-0.15, -0.1) is 11.8 Å². The minimum absolute atomic E-state index is 0.0153. The molecular formula is C27H23N3O4S.